The number of carbonyl (C=O) groups excluding carboxylic acids is 1. The average molecular weight is 441 g/mol. The number of aliphatic imine (C=N–C) groups is 1. The fourth-order valence-corrected chi connectivity index (χ4v) is 4.07. The lowest BCUT2D eigenvalue weighted by molar-refractivity contribution is -0.274. The quantitative estimate of drug-likeness (QED) is 0.744. The third kappa shape index (κ3) is 4.90. The lowest BCUT2D eigenvalue weighted by atomic mass is 10.0. The molecule has 11 heteroatoms. The number of sulfonamides is 1. The normalized spacial score (nSPS) is 17.3. The Hall–Kier alpha value is -3.08. The second-order valence-electron chi connectivity index (χ2n) is 6.83. The first-order chi connectivity index (χ1) is 14.0. The number of amides is 1. The molecule has 7 nitrogen and oxygen atoms in total. The van der Waals surface area contributed by atoms with Crippen LogP contribution in [0, 0.1) is 5.92 Å². The molecule has 0 spiro atoms. The summed E-state index contributed by atoms with van der Waals surface area (Å²) < 4.78 is 67.3. The Labute approximate surface area is 171 Å². The number of rotatable bonds is 5. The van der Waals surface area contributed by atoms with Crippen LogP contribution in [-0.4, -0.2) is 32.6 Å². The summed E-state index contributed by atoms with van der Waals surface area (Å²) in [6, 6.07) is 9.98. The molecule has 1 heterocycles. The molecule has 3 rings (SSSR count). The number of hydrogen-bond donors (Lipinski definition) is 2. The van der Waals surface area contributed by atoms with Crippen molar-refractivity contribution in [3.63, 3.8) is 0 Å². The molecular formula is C19H18F3N3O4S. The summed E-state index contributed by atoms with van der Waals surface area (Å²) in [5, 5.41) is 2.57. The van der Waals surface area contributed by atoms with Gasteiger partial charge >= 0.3 is 6.36 Å². The van der Waals surface area contributed by atoms with Gasteiger partial charge in [-0.3, -0.25) is 14.5 Å². The summed E-state index contributed by atoms with van der Waals surface area (Å²) >= 11 is 0. The van der Waals surface area contributed by atoms with Crippen LogP contribution in [0.3, 0.4) is 0 Å². The number of ether oxygens (including phenoxy) is 1. The highest BCUT2D eigenvalue weighted by Crippen LogP contribution is 2.25. The van der Waals surface area contributed by atoms with E-state index in [1.807, 2.05) is 0 Å². The number of nitrogens with one attached hydrogen (secondary N) is 2. The number of amidine groups is 1. The van der Waals surface area contributed by atoms with Crippen molar-refractivity contribution >= 4 is 27.5 Å². The van der Waals surface area contributed by atoms with Gasteiger partial charge in [0, 0.05) is 11.3 Å². The van der Waals surface area contributed by atoms with E-state index in [1.54, 1.807) is 32.0 Å². The zero-order valence-electron chi connectivity index (χ0n) is 15.9. The predicted octanol–water partition coefficient (Wildman–Crippen LogP) is 3.29. The Morgan fingerprint density at radius 3 is 2.33 bits per heavy atom. The maximum atomic E-state index is 12.7. The molecule has 0 saturated carbocycles. The predicted molar refractivity (Wildman–Crippen MR) is 104 cm³/mol. The monoisotopic (exact) mass is 441 g/mol. The van der Waals surface area contributed by atoms with E-state index in [-0.39, 0.29) is 22.3 Å². The van der Waals surface area contributed by atoms with Crippen molar-refractivity contribution in [1.82, 2.24) is 4.72 Å². The molecule has 1 aliphatic rings. The summed E-state index contributed by atoms with van der Waals surface area (Å²) in [6.07, 6.45) is -4.81. The number of hydrogen-bond acceptors (Lipinski definition) is 5. The molecule has 2 aromatic carbocycles. The minimum atomic E-state index is -4.81. The first-order valence-electron chi connectivity index (χ1n) is 8.83. The van der Waals surface area contributed by atoms with E-state index in [2.05, 4.69) is 19.8 Å². The lowest BCUT2D eigenvalue weighted by Crippen LogP contribution is -2.34. The van der Waals surface area contributed by atoms with Crippen molar-refractivity contribution < 1.29 is 31.1 Å². The van der Waals surface area contributed by atoms with Crippen LogP contribution in [0.1, 0.15) is 19.4 Å². The van der Waals surface area contributed by atoms with Crippen molar-refractivity contribution in [2.75, 3.05) is 5.32 Å². The molecule has 2 aromatic rings. The minimum Gasteiger partial charge on any atom is -0.406 e. The molecule has 160 valence electrons. The minimum absolute atomic E-state index is 0.0633. The van der Waals surface area contributed by atoms with Crippen LogP contribution in [-0.2, 0) is 14.8 Å². The molecule has 2 N–H and O–H groups in total. The number of halogens is 3. The zero-order valence-corrected chi connectivity index (χ0v) is 16.7. The molecule has 0 radical (unpaired) electrons. The SMILES string of the molecule is CC(C)[C@H](N=C1NS(=O)(=O)c2ccccc21)C(=O)Nc1ccc(OC(F)(F)F)cc1. The lowest BCUT2D eigenvalue weighted by Gasteiger charge is -2.17. The second-order valence-corrected chi connectivity index (χ2v) is 8.48. The van der Waals surface area contributed by atoms with Gasteiger partial charge in [-0.05, 0) is 42.3 Å². The second kappa shape index (κ2) is 7.98. The zero-order chi connectivity index (χ0) is 22.1. The highest BCUT2D eigenvalue weighted by atomic mass is 32.2. The first-order valence-corrected chi connectivity index (χ1v) is 10.3. The van der Waals surface area contributed by atoms with Gasteiger partial charge in [0.2, 0.25) is 5.91 Å². The number of alkyl halides is 3. The van der Waals surface area contributed by atoms with E-state index in [9.17, 15) is 26.4 Å². The van der Waals surface area contributed by atoms with E-state index in [4.69, 9.17) is 0 Å². The molecule has 0 aromatic heterocycles. The highest BCUT2D eigenvalue weighted by molar-refractivity contribution is 7.90. The van der Waals surface area contributed by atoms with E-state index in [0.29, 0.717) is 5.56 Å². The van der Waals surface area contributed by atoms with Gasteiger partial charge in [-0.2, -0.15) is 0 Å². The first kappa shape index (κ1) is 21.6. The van der Waals surface area contributed by atoms with E-state index in [1.165, 1.54) is 18.2 Å². The topological polar surface area (TPSA) is 96.9 Å². The summed E-state index contributed by atoms with van der Waals surface area (Å²) in [6.45, 7) is 3.48. The third-order valence-electron chi connectivity index (χ3n) is 4.19. The van der Waals surface area contributed by atoms with Crippen LogP contribution < -0.4 is 14.8 Å². The van der Waals surface area contributed by atoms with Crippen molar-refractivity contribution in [2.24, 2.45) is 10.9 Å². The fourth-order valence-electron chi connectivity index (χ4n) is 2.84. The Balaban J connectivity index is 1.81. The van der Waals surface area contributed by atoms with Crippen LogP contribution in [0.2, 0.25) is 0 Å². The Morgan fingerprint density at radius 2 is 1.73 bits per heavy atom. The van der Waals surface area contributed by atoms with Crippen molar-refractivity contribution in [1.29, 1.82) is 0 Å². The Kier molecular flexibility index (Phi) is 5.75. The molecule has 1 atom stereocenters. The van der Waals surface area contributed by atoms with E-state index < -0.39 is 34.1 Å². The van der Waals surface area contributed by atoms with Gasteiger partial charge < -0.3 is 10.1 Å². The number of benzene rings is 2. The van der Waals surface area contributed by atoms with Crippen LogP contribution in [0.15, 0.2) is 58.4 Å². The van der Waals surface area contributed by atoms with Crippen LogP contribution >= 0.6 is 0 Å². The number of nitrogens with zero attached hydrogens (tertiary/aromatic N) is 1. The maximum Gasteiger partial charge on any atom is 0.573 e. The highest BCUT2D eigenvalue weighted by Gasteiger charge is 2.33. The molecule has 0 unspecified atom stereocenters. The number of fused-ring (bicyclic) bond motifs is 1. The Bertz CT molecular complexity index is 1080. The van der Waals surface area contributed by atoms with Crippen LogP contribution in [0.4, 0.5) is 18.9 Å². The molecule has 0 bridgehead atoms. The van der Waals surface area contributed by atoms with Gasteiger partial charge in [0.1, 0.15) is 17.6 Å². The molecule has 0 fully saturated rings. The van der Waals surface area contributed by atoms with E-state index >= 15 is 0 Å². The molecule has 1 amide bonds. The van der Waals surface area contributed by atoms with Crippen LogP contribution in [0.5, 0.6) is 5.75 Å². The van der Waals surface area contributed by atoms with E-state index in [0.717, 1.165) is 12.1 Å². The van der Waals surface area contributed by atoms with Crippen LogP contribution in [0.25, 0.3) is 0 Å². The van der Waals surface area contributed by atoms with Crippen molar-refractivity contribution in [3.8, 4) is 5.75 Å². The van der Waals surface area contributed by atoms with Gasteiger partial charge in [-0.1, -0.05) is 26.0 Å². The average Bonchev–Trinajstić information content (AvgIpc) is 2.90. The Morgan fingerprint density at radius 1 is 1.10 bits per heavy atom. The molecule has 0 saturated heterocycles. The maximum absolute atomic E-state index is 12.7. The van der Waals surface area contributed by atoms with Gasteiger partial charge in [-0.15, -0.1) is 13.2 Å². The fraction of sp³-hybridized carbons (Fsp3) is 0.263. The summed E-state index contributed by atoms with van der Waals surface area (Å²) in [5.41, 5.74) is 0.609. The van der Waals surface area contributed by atoms with Crippen molar-refractivity contribution in [3.05, 3.63) is 54.1 Å². The largest absolute Gasteiger partial charge is 0.573 e. The van der Waals surface area contributed by atoms with Gasteiger partial charge in [-0.25, -0.2) is 8.42 Å². The summed E-state index contributed by atoms with van der Waals surface area (Å²) in [7, 11) is -3.75. The standard InChI is InChI=1S/C19H18F3N3O4S/c1-11(2)16(24-17-14-5-3-4-6-15(14)30(27,28)25-17)18(26)23-12-7-9-13(10-8-12)29-19(20,21)22/h3-11,16H,1-2H3,(H,23,26)(H,24,25)/t16-/m0/s1. The smallest absolute Gasteiger partial charge is 0.406 e. The number of anilines is 1. The molecular weight excluding hydrogens is 423 g/mol. The van der Waals surface area contributed by atoms with Gasteiger partial charge in [0.05, 0.1) is 4.90 Å². The summed E-state index contributed by atoms with van der Waals surface area (Å²) in [5.74, 6) is -1.18. The molecule has 30 heavy (non-hydrogen) atoms. The summed E-state index contributed by atoms with van der Waals surface area (Å²) in [4.78, 5) is 17.1. The number of carbonyl (C=O) groups is 1. The van der Waals surface area contributed by atoms with Gasteiger partial charge in [0.25, 0.3) is 10.0 Å². The van der Waals surface area contributed by atoms with Crippen molar-refractivity contribution in [2.45, 2.75) is 31.1 Å². The molecule has 1 aliphatic heterocycles. The molecule has 0 aliphatic carbocycles. The van der Waals surface area contributed by atoms with Gasteiger partial charge in [0.15, 0.2) is 0 Å². The third-order valence-corrected chi connectivity index (χ3v) is 5.58.